The first-order chi connectivity index (χ1) is 13.3. The molecular weight excluding hydrogens is 390 g/mol. The fourth-order valence-electron chi connectivity index (χ4n) is 3.41. The van der Waals surface area contributed by atoms with Crippen LogP contribution in [0.1, 0.15) is 41.5 Å². The van der Waals surface area contributed by atoms with Crippen LogP contribution < -0.4 is 10.9 Å². The third-order valence-corrected chi connectivity index (χ3v) is 6.67. The Morgan fingerprint density at radius 3 is 2.46 bits per heavy atom. The number of hydrogen-bond acceptors (Lipinski definition) is 5. The SMILES string of the molecule is CCc1cc2c(=O)n(C(C)C(=O)Nc3c(C)cc(C)cc3C)c(SC)nc2s1. The van der Waals surface area contributed by atoms with Crippen LogP contribution in [-0.4, -0.2) is 21.7 Å². The molecule has 0 saturated carbocycles. The molecule has 1 unspecified atom stereocenters. The van der Waals surface area contributed by atoms with Crippen molar-refractivity contribution in [2.75, 3.05) is 11.6 Å². The number of carbonyl (C=O) groups is 1. The first kappa shape index (κ1) is 20.6. The number of nitrogens with one attached hydrogen (secondary N) is 1. The highest BCUT2D eigenvalue weighted by atomic mass is 32.2. The van der Waals surface area contributed by atoms with Crippen LogP contribution in [0.5, 0.6) is 0 Å². The van der Waals surface area contributed by atoms with Crippen molar-refractivity contribution < 1.29 is 4.79 Å². The Kier molecular flexibility index (Phi) is 5.95. The number of amides is 1. The van der Waals surface area contributed by atoms with Crippen LogP contribution in [0, 0.1) is 20.8 Å². The molecule has 1 aromatic carbocycles. The summed E-state index contributed by atoms with van der Waals surface area (Å²) in [6.45, 7) is 9.79. The molecule has 0 saturated heterocycles. The number of aryl methyl sites for hydroxylation is 4. The molecule has 5 nitrogen and oxygen atoms in total. The van der Waals surface area contributed by atoms with Gasteiger partial charge in [-0.25, -0.2) is 4.98 Å². The molecule has 28 heavy (non-hydrogen) atoms. The number of carbonyl (C=O) groups excluding carboxylic acids is 1. The van der Waals surface area contributed by atoms with Crippen molar-refractivity contribution in [2.45, 2.75) is 52.2 Å². The van der Waals surface area contributed by atoms with E-state index in [4.69, 9.17) is 0 Å². The number of thioether (sulfide) groups is 1. The van der Waals surface area contributed by atoms with E-state index in [0.717, 1.165) is 38.5 Å². The van der Waals surface area contributed by atoms with Crippen LogP contribution in [0.4, 0.5) is 5.69 Å². The lowest BCUT2D eigenvalue weighted by atomic mass is 10.0. The average molecular weight is 416 g/mol. The summed E-state index contributed by atoms with van der Waals surface area (Å²) in [7, 11) is 0. The largest absolute Gasteiger partial charge is 0.324 e. The topological polar surface area (TPSA) is 64.0 Å². The van der Waals surface area contributed by atoms with Crippen molar-refractivity contribution in [2.24, 2.45) is 0 Å². The maximum Gasteiger partial charge on any atom is 0.263 e. The summed E-state index contributed by atoms with van der Waals surface area (Å²) in [5, 5.41) is 4.16. The number of rotatable bonds is 5. The molecule has 1 atom stereocenters. The molecule has 0 bridgehead atoms. The van der Waals surface area contributed by atoms with E-state index in [9.17, 15) is 9.59 Å². The number of anilines is 1. The van der Waals surface area contributed by atoms with Gasteiger partial charge < -0.3 is 5.32 Å². The third-order valence-electron chi connectivity index (χ3n) is 4.84. The smallest absolute Gasteiger partial charge is 0.263 e. The molecule has 0 aliphatic heterocycles. The van der Waals surface area contributed by atoms with E-state index in [-0.39, 0.29) is 11.5 Å². The summed E-state index contributed by atoms with van der Waals surface area (Å²) in [6.07, 6.45) is 2.73. The fourth-order valence-corrected chi connectivity index (χ4v) is 5.04. The molecule has 1 amide bonds. The number of thiophene rings is 1. The monoisotopic (exact) mass is 415 g/mol. The average Bonchev–Trinajstić information content (AvgIpc) is 3.07. The Morgan fingerprint density at radius 2 is 1.89 bits per heavy atom. The zero-order valence-electron chi connectivity index (χ0n) is 17.0. The quantitative estimate of drug-likeness (QED) is 0.477. The van der Waals surface area contributed by atoms with Crippen LogP contribution >= 0.6 is 23.1 Å². The van der Waals surface area contributed by atoms with Crippen molar-refractivity contribution >= 4 is 44.9 Å². The summed E-state index contributed by atoms with van der Waals surface area (Å²) < 4.78 is 1.51. The molecule has 0 spiro atoms. The van der Waals surface area contributed by atoms with Gasteiger partial charge in [0.2, 0.25) is 5.91 Å². The molecule has 0 aliphatic carbocycles. The maximum absolute atomic E-state index is 13.2. The Morgan fingerprint density at radius 1 is 1.25 bits per heavy atom. The molecule has 0 radical (unpaired) electrons. The van der Waals surface area contributed by atoms with E-state index in [1.165, 1.54) is 27.7 Å². The number of benzene rings is 1. The van der Waals surface area contributed by atoms with Gasteiger partial charge in [-0.2, -0.15) is 0 Å². The minimum atomic E-state index is -0.670. The lowest BCUT2D eigenvalue weighted by Crippen LogP contribution is -2.33. The first-order valence-electron chi connectivity index (χ1n) is 9.24. The van der Waals surface area contributed by atoms with Gasteiger partial charge in [-0.15, -0.1) is 11.3 Å². The van der Waals surface area contributed by atoms with Crippen molar-refractivity contribution in [3.8, 4) is 0 Å². The molecule has 7 heteroatoms. The molecule has 0 aliphatic rings. The second-order valence-corrected chi connectivity index (χ2v) is 8.89. The zero-order chi connectivity index (χ0) is 20.6. The molecule has 148 valence electrons. The van der Waals surface area contributed by atoms with Crippen LogP contribution in [-0.2, 0) is 11.2 Å². The Bertz CT molecular complexity index is 1090. The van der Waals surface area contributed by atoms with Crippen molar-refractivity contribution in [3.63, 3.8) is 0 Å². The van der Waals surface area contributed by atoms with Crippen LogP contribution in [0.2, 0.25) is 0 Å². The van der Waals surface area contributed by atoms with Gasteiger partial charge in [0.1, 0.15) is 10.9 Å². The number of hydrogen-bond donors (Lipinski definition) is 1. The van der Waals surface area contributed by atoms with E-state index in [1.807, 2.05) is 45.2 Å². The Balaban J connectivity index is 2.03. The van der Waals surface area contributed by atoms with E-state index < -0.39 is 6.04 Å². The van der Waals surface area contributed by atoms with Gasteiger partial charge in [-0.1, -0.05) is 36.4 Å². The van der Waals surface area contributed by atoms with E-state index >= 15 is 0 Å². The van der Waals surface area contributed by atoms with Crippen LogP contribution in [0.15, 0.2) is 28.2 Å². The predicted octanol–water partition coefficient (Wildman–Crippen LogP) is 4.87. The summed E-state index contributed by atoms with van der Waals surface area (Å²) in [5.41, 5.74) is 3.81. The summed E-state index contributed by atoms with van der Waals surface area (Å²) in [5.74, 6) is -0.223. The highest BCUT2D eigenvalue weighted by Crippen LogP contribution is 2.27. The molecule has 1 N–H and O–H groups in total. The highest BCUT2D eigenvalue weighted by molar-refractivity contribution is 7.98. The zero-order valence-corrected chi connectivity index (χ0v) is 18.7. The van der Waals surface area contributed by atoms with E-state index in [0.29, 0.717) is 10.5 Å². The second-order valence-electron chi connectivity index (χ2n) is 7.00. The predicted molar refractivity (Wildman–Crippen MR) is 119 cm³/mol. The molecule has 3 rings (SSSR count). The lowest BCUT2D eigenvalue weighted by molar-refractivity contribution is -0.119. The fraction of sp³-hybridized carbons (Fsp3) is 0.381. The van der Waals surface area contributed by atoms with Gasteiger partial charge in [0.05, 0.1) is 5.39 Å². The minimum absolute atomic E-state index is 0.162. The van der Waals surface area contributed by atoms with E-state index in [2.05, 4.69) is 17.2 Å². The normalized spacial score (nSPS) is 12.4. The van der Waals surface area contributed by atoms with Gasteiger partial charge in [0.25, 0.3) is 5.56 Å². The first-order valence-corrected chi connectivity index (χ1v) is 11.3. The van der Waals surface area contributed by atoms with Crippen molar-refractivity contribution in [1.29, 1.82) is 0 Å². The van der Waals surface area contributed by atoms with Crippen molar-refractivity contribution in [1.82, 2.24) is 9.55 Å². The number of nitrogens with zero attached hydrogens (tertiary/aromatic N) is 2. The summed E-state index contributed by atoms with van der Waals surface area (Å²) >= 11 is 2.92. The van der Waals surface area contributed by atoms with Crippen LogP contribution in [0.25, 0.3) is 10.2 Å². The number of fused-ring (bicyclic) bond motifs is 1. The lowest BCUT2D eigenvalue weighted by Gasteiger charge is -2.19. The van der Waals surface area contributed by atoms with Gasteiger partial charge in [-0.3, -0.25) is 14.2 Å². The molecule has 2 heterocycles. The Hall–Kier alpha value is -2.12. The molecule has 3 aromatic rings. The minimum Gasteiger partial charge on any atom is -0.324 e. The molecule has 0 fully saturated rings. The molecule has 2 aromatic heterocycles. The second kappa shape index (κ2) is 8.09. The Labute approximate surface area is 173 Å². The highest BCUT2D eigenvalue weighted by Gasteiger charge is 2.23. The third kappa shape index (κ3) is 3.73. The molecular formula is C21H25N3O2S2. The number of aromatic nitrogens is 2. The van der Waals surface area contributed by atoms with Gasteiger partial charge in [0, 0.05) is 10.6 Å². The van der Waals surface area contributed by atoms with E-state index in [1.54, 1.807) is 6.92 Å². The summed E-state index contributed by atoms with van der Waals surface area (Å²) in [6, 6.07) is 5.31. The van der Waals surface area contributed by atoms with Gasteiger partial charge in [0.15, 0.2) is 5.16 Å². The summed E-state index contributed by atoms with van der Waals surface area (Å²) in [4.78, 5) is 32.7. The maximum atomic E-state index is 13.2. The van der Waals surface area contributed by atoms with Gasteiger partial charge in [-0.05, 0) is 57.6 Å². The van der Waals surface area contributed by atoms with Crippen LogP contribution in [0.3, 0.4) is 0 Å². The van der Waals surface area contributed by atoms with Gasteiger partial charge >= 0.3 is 0 Å². The van der Waals surface area contributed by atoms with Crippen molar-refractivity contribution in [3.05, 3.63) is 50.1 Å². The standard InChI is InChI=1S/C21H25N3O2S2/c1-7-15-10-16-19(28-15)23-21(27-6)24(20(16)26)14(5)18(25)22-17-12(3)8-11(2)9-13(17)4/h8-10,14H,7H2,1-6H3,(H,22,25).